The SMILES string of the molecule is COC(=O)CN(Cc1cc(OC)cc(OC)c1)C(=O)c1cc(-c2cc(C)oc2C)nc2onc(C)c12. The number of carbonyl (C=O) groups excluding carboxylic acids is 2. The van der Waals surface area contributed by atoms with Gasteiger partial charge >= 0.3 is 5.97 Å². The summed E-state index contributed by atoms with van der Waals surface area (Å²) in [5.41, 5.74) is 2.95. The van der Waals surface area contributed by atoms with E-state index in [-0.39, 0.29) is 18.8 Å². The zero-order valence-electron chi connectivity index (χ0n) is 21.0. The van der Waals surface area contributed by atoms with Crippen molar-refractivity contribution in [1.82, 2.24) is 15.0 Å². The molecule has 0 aliphatic heterocycles. The monoisotopic (exact) mass is 493 g/mol. The van der Waals surface area contributed by atoms with Crippen LogP contribution in [0.25, 0.3) is 22.4 Å². The van der Waals surface area contributed by atoms with Crippen LogP contribution in [-0.4, -0.2) is 54.8 Å². The molecule has 0 unspecified atom stereocenters. The van der Waals surface area contributed by atoms with Gasteiger partial charge < -0.3 is 28.1 Å². The molecule has 0 N–H and O–H groups in total. The fourth-order valence-electron chi connectivity index (χ4n) is 4.05. The van der Waals surface area contributed by atoms with Gasteiger partial charge in [0.2, 0.25) is 0 Å². The Labute approximate surface area is 207 Å². The number of rotatable bonds is 8. The third kappa shape index (κ3) is 4.88. The minimum absolute atomic E-state index is 0.0921. The number of methoxy groups -OCH3 is 3. The summed E-state index contributed by atoms with van der Waals surface area (Å²) >= 11 is 0. The molecule has 0 spiro atoms. The lowest BCUT2D eigenvalue weighted by molar-refractivity contribution is -0.141. The zero-order chi connectivity index (χ0) is 26.0. The number of aromatic nitrogens is 2. The molecular weight excluding hydrogens is 466 g/mol. The Hall–Kier alpha value is -4.34. The topological polar surface area (TPSA) is 117 Å². The molecule has 1 aromatic carbocycles. The van der Waals surface area contributed by atoms with Gasteiger partial charge in [0.15, 0.2) is 0 Å². The number of carbonyl (C=O) groups is 2. The van der Waals surface area contributed by atoms with Gasteiger partial charge in [0.05, 0.1) is 43.7 Å². The molecule has 0 saturated heterocycles. The first kappa shape index (κ1) is 24.8. The lowest BCUT2D eigenvalue weighted by Gasteiger charge is -2.23. The Kier molecular flexibility index (Phi) is 6.96. The van der Waals surface area contributed by atoms with E-state index in [9.17, 15) is 9.59 Å². The number of furan rings is 1. The second-order valence-corrected chi connectivity index (χ2v) is 8.29. The van der Waals surface area contributed by atoms with Crippen molar-refractivity contribution in [3.05, 3.63) is 58.7 Å². The van der Waals surface area contributed by atoms with E-state index in [1.807, 2.05) is 19.9 Å². The van der Waals surface area contributed by atoms with Gasteiger partial charge in [-0.2, -0.15) is 0 Å². The third-order valence-electron chi connectivity index (χ3n) is 5.78. The van der Waals surface area contributed by atoms with Gasteiger partial charge in [0, 0.05) is 18.2 Å². The van der Waals surface area contributed by atoms with Crippen molar-refractivity contribution in [2.45, 2.75) is 27.3 Å². The van der Waals surface area contributed by atoms with Gasteiger partial charge in [-0.25, -0.2) is 4.98 Å². The minimum Gasteiger partial charge on any atom is -0.497 e. The fourth-order valence-corrected chi connectivity index (χ4v) is 4.05. The molecule has 3 aromatic heterocycles. The van der Waals surface area contributed by atoms with Crippen molar-refractivity contribution in [1.29, 1.82) is 0 Å². The van der Waals surface area contributed by atoms with Crippen LogP contribution in [0.3, 0.4) is 0 Å². The molecule has 4 aromatic rings. The lowest BCUT2D eigenvalue weighted by Crippen LogP contribution is -2.36. The van der Waals surface area contributed by atoms with Gasteiger partial charge in [0.25, 0.3) is 11.6 Å². The summed E-state index contributed by atoms with van der Waals surface area (Å²) in [4.78, 5) is 32.2. The summed E-state index contributed by atoms with van der Waals surface area (Å²) in [6.45, 7) is 5.20. The van der Waals surface area contributed by atoms with Crippen molar-refractivity contribution in [2.75, 3.05) is 27.9 Å². The Balaban J connectivity index is 1.82. The Morgan fingerprint density at radius 3 is 2.25 bits per heavy atom. The number of aryl methyl sites for hydroxylation is 3. The number of hydrogen-bond donors (Lipinski definition) is 0. The summed E-state index contributed by atoms with van der Waals surface area (Å²) in [7, 11) is 4.36. The third-order valence-corrected chi connectivity index (χ3v) is 5.78. The molecule has 1 amide bonds. The van der Waals surface area contributed by atoms with Crippen LogP contribution in [0.1, 0.15) is 33.1 Å². The number of benzene rings is 1. The van der Waals surface area contributed by atoms with Crippen molar-refractivity contribution in [3.8, 4) is 22.8 Å². The highest BCUT2D eigenvalue weighted by Crippen LogP contribution is 2.32. The number of amides is 1. The van der Waals surface area contributed by atoms with Crippen LogP contribution in [0.2, 0.25) is 0 Å². The Morgan fingerprint density at radius 2 is 1.67 bits per heavy atom. The highest BCUT2D eigenvalue weighted by atomic mass is 16.5. The molecule has 0 aliphatic carbocycles. The highest BCUT2D eigenvalue weighted by Gasteiger charge is 2.26. The molecule has 0 atom stereocenters. The predicted molar refractivity (Wildman–Crippen MR) is 130 cm³/mol. The fraction of sp³-hybridized carbons (Fsp3) is 0.308. The molecular formula is C26H27N3O7. The summed E-state index contributed by atoms with van der Waals surface area (Å²) in [5.74, 6) is 1.51. The quantitative estimate of drug-likeness (QED) is 0.332. The summed E-state index contributed by atoms with van der Waals surface area (Å²) in [5, 5.41) is 4.48. The van der Waals surface area contributed by atoms with E-state index < -0.39 is 11.9 Å². The maximum absolute atomic E-state index is 14.0. The van der Waals surface area contributed by atoms with Crippen LogP contribution in [0.5, 0.6) is 11.5 Å². The van der Waals surface area contributed by atoms with Gasteiger partial charge in [-0.3, -0.25) is 9.59 Å². The molecule has 188 valence electrons. The molecule has 0 fully saturated rings. The van der Waals surface area contributed by atoms with E-state index in [1.165, 1.54) is 12.0 Å². The van der Waals surface area contributed by atoms with Gasteiger partial charge in [-0.15, -0.1) is 0 Å². The second kappa shape index (κ2) is 10.1. The van der Waals surface area contributed by atoms with Crippen LogP contribution in [0.4, 0.5) is 0 Å². The summed E-state index contributed by atoms with van der Waals surface area (Å²) in [6, 6.07) is 8.79. The van der Waals surface area contributed by atoms with Gasteiger partial charge in [0.1, 0.15) is 29.6 Å². The minimum atomic E-state index is -0.563. The highest BCUT2D eigenvalue weighted by molar-refractivity contribution is 6.07. The molecule has 0 radical (unpaired) electrons. The van der Waals surface area contributed by atoms with E-state index >= 15 is 0 Å². The van der Waals surface area contributed by atoms with Crippen molar-refractivity contribution in [2.24, 2.45) is 0 Å². The Bertz CT molecular complexity index is 1410. The number of fused-ring (bicyclic) bond motifs is 1. The van der Waals surface area contributed by atoms with Gasteiger partial charge in [-0.1, -0.05) is 5.16 Å². The van der Waals surface area contributed by atoms with Crippen LogP contribution >= 0.6 is 0 Å². The van der Waals surface area contributed by atoms with Crippen LogP contribution in [0, 0.1) is 20.8 Å². The van der Waals surface area contributed by atoms with Crippen molar-refractivity contribution in [3.63, 3.8) is 0 Å². The second-order valence-electron chi connectivity index (χ2n) is 8.29. The van der Waals surface area contributed by atoms with E-state index in [1.54, 1.807) is 45.4 Å². The molecule has 10 heteroatoms. The molecule has 0 bridgehead atoms. The Morgan fingerprint density at radius 1 is 0.972 bits per heavy atom. The van der Waals surface area contributed by atoms with E-state index in [0.717, 1.165) is 5.56 Å². The van der Waals surface area contributed by atoms with Crippen molar-refractivity contribution < 1.29 is 32.7 Å². The first-order valence-electron chi connectivity index (χ1n) is 11.2. The smallest absolute Gasteiger partial charge is 0.325 e. The standard InChI is InChI=1S/C26H27N3O7/c1-14-7-20(16(3)35-14)22-11-21(24-15(2)28-36-25(24)27-22)26(31)29(13-23(30)34-6)12-17-8-18(32-4)10-19(9-17)33-5/h7-11H,12-13H2,1-6H3. The number of esters is 1. The zero-order valence-corrected chi connectivity index (χ0v) is 21.0. The van der Waals surface area contributed by atoms with Crippen molar-refractivity contribution >= 4 is 23.0 Å². The molecule has 0 saturated carbocycles. The van der Waals surface area contributed by atoms with Gasteiger partial charge in [-0.05, 0) is 50.6 Å². The average Bonchev–Trinajstić information content (AvgIpc) is 3.42. The molecule has 10 nitrogen and oxygen atoms in total. The van der Waals surface area contributed by atoms with Crippen LogP contribution < -0.4 is 9.47 Å². The molecule has 36 heavy (non-hydrogen) atoms. The first-order chi connectivity index (χ1) is 17.2. The van der Waals surface area contributed by atoms with Crippen LogP contribution in [-0.2, 0) is 16.1 Å². The molecule has 3 heterocycles. The van der Waals surface area contributed by atoms with E-state index in [0.29, 0.717) is 50.9 Å². The summed E-state index contributed by atoms with van der Waals surface area (Å²) < 4.78 is 26.7. The number of pyridine rings is 1. The molecule has 0 aliphatic rings. The summed E-state index contributed by atoms with van der Waals surface area (Å²) in [6.07, 6.45) is 0. The lowest BCUT2D eigenvalue weighted by atomic mass is 10.0. The van der Waals surface area contributed by atoms with E-state index in [4.69, 9.17) is 23.2 Å². The largest absolute Gasteiger partial charge is 0.497 e. The normalized spacial score (nSPS) is 10.9. The molecule has 4 rings (SSSR count). The first-order valence-corrected chi connectivity index (χ1v) is 11.2. The maximum Gasteiger partial charge on any atom is 0.325 e. The maximum atomic E-state index is 14.0. The average molecular weight is 494 g/mol. The van der Waals surface area contributed by atoms with Crippen LogP contribution in [0.15, 0.2) is 39.3 Å². The number of hydrogen-bond acceptors (Lipinski definition) is 9. The number of nitrogens with zero attached hydrogens (tertiary/aromatic N) is 3. The number of ether oxygens (including phenoxy) is 3. The van der Waals surface area contributed by atoms with E-state index in [2.05, 4.69) is 10.1 Å². The predicted octanol–water partition coefficient (Wildman–Crippen LogP) is 4.24.